The Morgan fingerprint density at radius 1 is 0.931 bits per heavy atom. The lowest BCUT2D eigenvalue weighted by Gasteiger charge is -2.21. The molecule has 0 heterocycles. The summed E-state index contributed by atoms with van der Waals surface area (Å²) < 4.78 is 10.7. The van der Waals surface area contributed by atoms with Crippen LogP contribution in [0, 0.1) is 5.92 Å². The zero-order valence-corrected chi connectivity index (χ0v) is 16.4. The second-order valence-corrected chi connectivity index (χ2v) is 6.99. The van der Waals surface area contributed by atoms with Crippen molar-refractivity contribution in [1.82, 2.24) is 0 Å². The quantitative estimate of drug-likeness (QED) is 0.623. The van der Waals surface area contributed by atoms with Crippen molar-refractivity contribution in [1.29, 1.82) is 0 Å². The molecule has 0 spiro atoms. The summed E-state index contributed by atoms with van der Waals surface area (Å²) in [7, 11) is 0. The maximum absolute atomic E-state index is 12.6. The van der Waals surface area contributed by atoms with Crippen molar-refractivity contribution in [2.45, 2.75) is 39.0 Å². The molecule has 7 nitrogen and oxygen atoms in total. The van der Waals surface area contributed by atoms with Crippen LogP contribution in [0.3, 0.4) is 0 Å². The summed E-state index contributed by atoms with van der Waals surface area (Å²) in [6, 6.07) is 14.2. The number of aromatic carboxylic acids is 1. The number of rotatable bonds is 9. The van der Waals surface area contributed by atoms with Crippen LogP contribution >= 0.6 is 0 Å². The summed E-state index contributed by atoms with van der Waals surface area (Å²) in [6.07, 6.45) is -1.14. The second kappa shape index (κ2) is 10.4. The van der Waals surface area contributed by atoms with Gasteiger partial charge in [0.1, 0.15) is 12.6 Å². The molecular weight excluding hydrogens is 374 g/mol. The Hall–Kier alpha value is -3.19. The minimum atomic E-state index is -1.19. The first kappa shape index (κ1) is 22.1. The van der Waals surface area contributed by atoms with E-state index in [1.165, 1.54) is 12.1 Å². The molecule has 0 aliphatic carbocycles. The van der Waals surface area contributed by atoms with E-state index in [9.17, 15) is 14.4 Å². The maximum Gasteiger partial charge on any atom is 0.348 e. The first-order valence-corrected chi connectivity index (χ1v) is 9.26. The highest BCUT2D eigenvalue weighted by atomic mass is 16.6. The lowest BCUT2D eigenvalue weighted by molar-refractivity contribution is -0.170. The Kier molecular flexibility index (Phi) is 7.91. The van der Waals surface area contributed by atoms with Crippen molar-refractivity contribution in [3.05, 3.63) is 71.3 Å². The first-order valence-electron chi connectivity index (χ1n) is 9.26. The van der Waals surface area contributed by atoms with Crippen LogP contribution in [0.4, 0.5) is 0 Å². The molecule has 0 fully saturated rings. The van der Waals surface area contributed by atoms with E-state index >= 15 is 0 Å². The summed E-state index contributed by atoms with van der Waals surface area (Å²) in [5.74, 6) is -2.59. The monoisotopic (exact) mass is 399 g/mol. The highest BCUT2D eigenvalue weighted by Gasteiger charge is 2.29. The van der Waals surface area contributed by atoms with Crippen molar-refractivity contribution in [3.8, 4) is 0 Å². The van der Waals surface area contributed by atoms with Gasteiger partial charge in [0.25, 0.3) is 0 Å². The molecule has 0 amide bonds. The van der Waals surface area contributed by atoms with Gasteiger partial charge in [0, 0.05) is 6.42 Å². The third-order valence-electron chi connectivity index (χ3n) is 4.36. The molecule has 0 aliphatic heterocycles. The Morgan fingerprint density at radius 2 is 1.55 bits per heavy atom. The van der Waals surface area contributed by atoms with Crippen molar-refractivity contribution in [3.63, 3.8) is 0 Å². The summed E-state index contributed by atoms with van der Waals surface area (Å²) in [6.45, 7) is 3.60. The lowest BCUT2D eigenvalue weighted by atomic mass is 10.0. The van der Waals surface area contributed by atoms with Gasteiger partial charge in [-0.25, -0.2) is 9.59 Å². The van der Waals surface area contributed by atoms with Crippen LogP contribution in [0.15, 0.2) is 54.6 Å². The van der Waals surface area contributed by atoms with Crippen LogP contribution in [0.25, 0.3) is 0 Å². The Bertz CT molecular complexity index is 832. The molecule has 0 saturated heterocycles. The van der Waals surface area contributed by atoms with Crippen LogP contribution < -0.4 is 5.73 Å². The van der Waals surface area contributed by atoms with Gasteiger partial charge in [-0.15, -0.1) is 0 Å². The molecule has 29 heavy (non-hydrogen) atoms. The molecule has 0 aliphatic rings. The van der Waals surface area contributed by atoms with E-state index in [-0.39, 0.29) is 24.5 Å². The summed E-state index contributed by atoms with van der Waals surface area (Å²) in [5.41, 5.74) is 7.38. The van der Waals surface area contributed by atoms with Gasteiger partial charge in [-0.2, -0.15) is 0 Å². The van der Waals surface area contributed by atoms with Crippen LogP contribution in [-0.2, 0) is 32.1 Å². The maximum atomic E-state index is 12.6. The second-order valence-electron chi connectivity index (χ2n) is 6.99. The number of carboxylic acid groups (broad SMARTS) is 1. The van der Waals surface area contributed by atoms with Crippen molar-refractivity contribution < 1.29 is 29.0 Å². The number of hydrogen-bond donors (Lipinski definition) is 2. The zero-order chi connectivity index (χ0) is 21.4. The number of benzene rings is 2. The molecule has 0 saturated carbocycles. The summed E-state index contributed by atoms with van der Waals surface area (Å²) in [4.78, 5) is 35.9. The molecule has 2 rings (SSSR count). The van der Waals surface area contributed by atoms with Crippen molar-refractivity contribution in [2.24, 2.45) is 11.7 Å². The van der Waals surface area contributed by atoms with Gasteiger partial charge in [-0.3, -0.25) is 4.79 Å². The zero-order valence-electron chi connectivity index (χ0n) is 16.4. The average Bonchev–Trinajstić information content (AvgIpc) is 2.71. The van der Waals surface area contributed by atoms with E-state index in [0.717, 1.165) is 5.56 Å². The van der Waals surface area contributed by atoms with Crippen molar-refractivity contribution in [2.75, 3.05) is 0 Å². The molecule has 7 heteroatoms. The summed E-state index contributed by atoms with van der Waals surface area (Å²) in [5, 5.41) is 9.00. The molecule has 154 valence electrons. The Labute approximate surface area is 169 Å². The van der Waals surface area contributed by atoms with E-state index in [0.29, 0.717) is 5.56 Å². The summed E-state index contributed by atoms with van der Waals surface area (Å²) >= 11 is 0. The molecule has 1 unspecified atom stereocenters. The molecular formula is C22H25NO6. The number of ether oxygens (including phenoxy) is 2. The standard InChI is InChI=1S/C22H25NO6/c1-14(2)19(23)22(27)29-18(12-15-8-10-17(11-9-15)20(24)25)21(26)28-13-16-6-4-3-5-7-16/h3-11,14,18-19H,12-13,23H2,1-2H3,(H,24,25)/t18?,19-/m0/s1. The molecule has 0 aromatic heterocycles. The molecule has 2 atom stereocenters. The van der Waals surface area contributed by atoms with E-state index in [2.05, 4.69) is 0 Å². The average molecular weight is 399 g/mol. The molecule has 2 aromatic rings. The molecule has 2 aromatic carbocycles. The number of carboxylic acids is 1. The van der Waals surface area contributed by atoms with Gasteiger partial charge in [-0.05, 0) is 29.2 Å². The van der Waals surface area contributed by atoms with Gasteiger partial charge in [-0.1, -0.05) is 56.3 Å². The van der Waals surface area contributed by atoms with Crippen LogP contribution in [-0.4, -0.2) is 35.2 Å². The predicted molar refractivity (Wildman–Crippen MR) is 106 cm³/mol. The van der Waals surface area contributed by atoms with Gasteiger partial charge in [0.2, 0.25) is 6.10 Å². The minimum Gasteiger partial charge on any atom is -0.478 e. The van der Waals surface area contributed by atoms with Gasteiger partial charge >= 0.3 is 17.9 Å². The number of nitrogens with two attached hydrogens (primary N) is 1. The number of esters is 2. The van der Waals surface area contributed by atoms with Gasteiger partial charge in [0.05, 0.1) is 5.56 Å². The molecule has 3 N–H and O–H groups in total. The topological polar surface area (TPSA) is 116 Å². The van der Waals surface area contributed by atoms with Gasteiger partial charge < -0.3 is 20.3 Å². The van der Waals surface area contributed by atoms with E-state index in [1.807, 2.05) is 30.3 Å². The smallest absolute Gasteiger partial charge is 0.348 e. The normalized spacial score (nSPS) is 12.8. The van der Waals surface area contributed by atoms with E-state index < -0.39 is 30.1 Å². The predicted octanol–water partition coefficient (Wildman–Crippen LogP) is 2.57. The lowest BCUT2D eigenvalue weighted by Crippen LogP contribution is -2.41. The molecule has 0 bridgehead atoms. The largest absolute Gasteiger partial charge is 0.478 e. The van der Waals surface area contributed by atoms with Crippen LogP contribution in [0.1, 0.15) is 35.3 Å². The third-order valence-corrected chi connectivity index (χ3v) is 4.36. The third kappa shape index (κ3) is 6.73. The van der Waals surface area contributed by atoms with Crippen LogP contribution in [0.2, 0.25) is 0 Å². The molecule has 0 radical (unpaired) electrons. The highest BCUT2D eigenvalue weighted by molar-refractivity contribution is 5.87. The van der Waals surface area contributed by atoms with Crippen LogP contribution in [0.5, 0.6) is 0 Å². The first-order chi connectivity index (χ1) is 13.8. The number of hydrogen-bond acceptors (Lipinski definition) is 6. The highest BCUT2D eigenvalue weighted by Crippen LogP contribution is 2.13. The SMILES string of the molecule is CC(C)[C@H](N)C(=O)OC(Cc1ccc(C(=O)O)cc1)C(=O)OCc1ccccc1. The van der Waals surface area contributed by atoms with E-state index in [4.69, 9.17) is 20.3 Å². The Balaban J connectivity index is 2.11. The van der Waals surface area contributed by atoms with Gasteiger partial charge in [0.15, 0.2) is 0 Å². The fourth-order valence-corrected chi connectivity index (χ4v) is 2.48. The number of carbonyl (C=O) groups is 3. The van der Waals surface area contributed by atoms with Crippen molar-refractivity contribution >= 4 is 17.9 Å². The fraction of sp³-hybridized carbons (Fsp3) is 0.318. The number of carbonyl (C=O) groups excluding carboxylic acids is 2. The fourth-order valence-electron chi connectivity index (χ4n) is 2.48. The van der Waals surface area contributed by atoms with E-state index in [1.54, 1.807) is 26.0 Å². The minimum absolute atomic E-state index is 0.0436. The Morgan fingerprint density at radius 3 is 2.10 bits per heavy atom.